The average Bonchev–Trinajstić information content (AvgIpc) is 3.21. The van der Waals surface area contributed by atoms with E-state index in [0.717, 1.165) is 24.1 Å². The Labute approximate surface area is 176 Å². The number of hydrogen-bond donors (Lipinski definition) is 1. The molecular weight excluding hydrogens is 408 g/mol. The molecule has 1 fully saturated rings. The van der Waals surface area contributed by atoms with Gasteiger partial charge in [0.25, 0.3) is 0 Å². The van der Waals surface area contributed by atoms with E-state index in [1.165, 1.54) is 27.8 Å². The van der Waals surface area contributed by atoms with Gasteiger partial charge in [0.1, 0.15) is 5.75 Å². The molecule has 8 heteroatoms. The first-order chi connectivity index (χ1) is 13.9. The van der Waals surface area contributed by atoms with Crippen LogP contribution in [-0.4, -0.2) is 37.8 Å². The molecule has 0 unspecified atom stereocenters. The fourth-order valence-electron chi connectivity index (χ4n) is 3.10. The van der Waals surface area contributed by atoms with Crippen LogP contribution in [0.15, 0.2) is 46.7 Å². The number of sulfonamides is 1. The van der Waals surface area contributed by atoms with E-state index in [2.05, 4.69) is 5.32 Å². The number of thiophene rings is 1. The maximum Gasteiger partial charge on any atom is 0.248 e. The fourth-order valence-corrected chi connectivity index (χ4v) is 5.26. The molecule has 156 valence electrons. The molecule has 29 heavy (non-hydrogen) atoms. The summed E-state index contributed by atoms with van der Waals surface area (Å²) in [5.74, 6) is 0.0926. The summed E-state index contributed by atoms with van der Waals surface area (Å²) in [5.41, 5.74) is 0.345. The highest BCUT2D eigenvalue weighted by atomic mass is 32.2. The normalized spacial score (nSPS) is 15.7. The molecule has 2 heterocycles. The lowest BCUT2D eigenvalue weighted by Crippen LogP contribution is -2.35. The minimum absolute atomic E-state index is 0.114. The van der Waals surface area contributed by atoms with Gasteiger partial charge in [-0.15, -0.1) is 11.3 Å². The van der Waals surface area contributed by atoms with Gasteiger partial charge in [0.2, 0.25) is 15.9 Å². The quantitative estimate of drug-likeness (QED) is 0.657. The number of carbonyl (C=O) groups excluding carboxylic acids is 1. The Morgan fingerprint density at radius 3 is 2.62 bits per heavy atom. The second kappa shape index (κ2) is 9.56. The van der Waals surface area contributed by atoms with Gasteiger partial charge in [-0.25, -0.2) is 8.42 Å². The van der Waals surface area contributed by atoms with Gasteiger partial charge in [0.05, 0.1) is 16.7 Å². The summed E-state index contributed by atoms with van der Waals surface area (Å²) in [7, 11) is -3.60. The summed E-state index contributed by atoms with van der Waals surface area (Å²) in [6, 6.07) is 8.45. The van der Waals surface area contributed by atoms with Crippen LogP contribution < -0.4 is 10.1 Å². The first-order valence-electron chi connectivity index (χ1n) is 9.70. The number of nitrogens with zero attached hydrogens (tertiary/aromatic N) is 1. The highest BCUT2D eigenvalue weighted by Gasteiger charge is 2.27. The molecule has 0 spiro atoms. The topological polar surface area (TPSA) is 75.7 Å². The van der Waals surface area contributed by atoms with E-state index in [1.807, 2.05) is 31.4 Å². The number of carbonyl (C=O) groups is 1. The molecule has 1 aliphatic rings. The molecule has 1 amide bonds. The van der Waals surface area contributed by atoms with Crippen molar-refractivity contribution in [3.8, 4) is 5.75 Å². The molecule has 1 saturated heterocycles. The molecule has 0 saturated carbocycles. The van der Waals surface area contributed by atoms with Crippen molar-refractivity contribution >= 4 is 39.0 Å². The Kier molecular flexibility index (Phi) is 7.10. The van der Waals surface area contributed by atoms with Gasteiger partial charge in [0, 0.05) is 24.0 Å². The van der Waals surface area contributed by atoms with Gasteiger partial charge in [-0.3, -0.25) is 4.79 Å². The average molecular weight is 435 g/mol. The van der Waals surface area contributed by atoms with Crippen molar-refractivity contribution in [1.82, 2.24) is 4.31 Å². The van der Waals surface area contributed by atoms with E-state index in [1.54, 1.807) is 18.2 Å². The van der Waals surface area contributed by atoms with E-state index in [4.69, 9.17) is 4.74 Å². The van der Waals surface area contributed by atoms with E-state index < -0.39 is 10.0 Å². The highest BCUT2D eigenvalue weighted by molar-refractivity contribution is 7.89. The first-order valence-corrected chi connectivity index (χ1v) is 12.0. The summed E-state index contributed by atoms with van der Waals surface area (Å²) in [6.07, 6.45) is 5.81. The van der Waals surface area contributed by atoms with Gasteiger partial charge in [-0.05, 0) is 62.4 Å². The summed E-state index contributed by atoms with van der Waals surface area (Å²) in [5, 5.41) is 4.70. The SMILES string of the molecule is CC(C)Oc1ccc(S(=O)(=O)N2CCCCC2)cc1NC(=O)/C=C/c1cccs1. The zero-order valence-corrected chi connectivity index (χ0v) is 18.3. The van der Waals surface area contributed by atoms with Crippen molar-refractivity contribution in [2.24, 2.45) is 0 Å². The molecule has 6 nitrogen and oxygen atoms in total. The lowest BCUT2D eigenvalue weighted by atomic mass is 10.2. The zero-order valence-electron chi connectivity index (χ0n) is 16.6. The monoisotopic (exact) mass is 434 g/mol. The third kappa shape index (κ3) is 5.68. The van der Waals surface area contributed by atoms with E-state index in [9.17, 15) is 13.2 Å². The highest BCUT2D eigenvalue weighted by Crippen LogP contribution is 2.31. The van der Waals surface area contributed by atoms with Crippen molar-refractivity contribution in [3.63, 3.8) is 0 Å². The summed E-state index contributed by atoms with van der Waals surface area (Å²) in [4.78, 5) is 13.5. The largest absolute Gasteiger partial charge is 0.489 e. The Morgan fingerprint density at radius 1 is 1.21 bits per heavy atom. The number of ether oxygens (including phenoxy) is 1. The Bertz CT molecular complexity index is 961. The predicted octanol–water partition coefficient (Wildman–Crippen LogP) is 4.36. The molecule has 0 bridgehead atoms. The van der Waals surface area contributed by atoms with E-state index in [0.29, 0.717) is 24.5 Å². The molecule has 1 aromatic carbocycles. The third-order valence-corrected chi connectivity index (χ3v) is 7.20. The number of piperidine rings is 1. The second-order valence-electron chi connectivity index (χ2n) is 7.13. The van der Waals surface area contributed by atoms with Crippen LogP contribution >= 0.6 is 11.3 Å². The molecular formula is C21H26N2O4S2. The zero-order chi connectivity index (χ0) is 20.9. The molecule has 2 aromatic rings. The minimum atomic E-state index is -3.60. The Balaban J connectivity index is 1.86. The van der Waals surface area contributed by atoms with Gasteiger partial charge < -0.3 is 10.1 Å². The lowest BCUT2D eigenvalue weighted by Gasteiger charge is -2.26. The molecule has 3 rings (SSSR count). The lowest BCUT2D eigenvalue weighted by molar-refractivity contribution is -0.111. The van der Waals surface area contributed by atoms with Crippen LogP contribution in [0.3, 0.4) is 0 Å². The molecule has 0 radical (unpaired) electrons. The summed E-state index contributed by atoms with van der Waals surface area (Å²) in [6.45, 7) is 4.80. The van der Waals surface area contributed by atoms with Crippen LogP contribution in [0.4, 0.5) is 5.69 Å². The van der Waals surface area contributed by atoms with Crippen LogP contribution in [0.25, 0.3) is 6.08 Å². The summed E-state index contributed by atoms with van der Waals surface area (Å²) < 4.78 is 33.3. The van der Waals surface area contributed by atoms with Crippen LogP contribution in [-0.2, 0) is 14.8 Å². The van der Waals surface area contributed by atoms with Crippen LogP contribution in [0.5, 0.6) is 5.75 Å². The van der Waals surface area contributed by atoms with Gasteiger partial charge in [0.15, 0.2) is 0 Å². The number of hydrogen-bond acceptors (Lipinski definition) is 5. The minimum Gasteiger partial charge on any atom is -0.489 e. The number of amides is 1. The molecule has 0 atom stereocenters. The molecule has 0 aliphatic carbocycles. The summed E-state index contributed by atoms with van der Waals surface area (Å²) >= 11 is 1.53. The number of anilines is 1. The van der Waals surface area contributed by atoms with E-state index in [-0.39, 0.29) is 16.9 Å². The number of benzene rings is 1. The van der Waals surface area contributed by atoms with Crippen LogP contribution in [0, 0.1) is 0 Å². The maximum absolute atomic E-state index is 13.0. The number of nitrogens with one attached hydrogen (secondary N) is 1. The molecule has 1 N–H and O–H groups in total. The third-order valence-electron chi connectivity index (χ3n) is 4.47. The first kappa shape index (κ1) is 21.5. The van der Waals surface area contributed by atoms with Crippen molar-refractivity contribution in [2.45, 2.75) is 44.1 Å². The predicted molar refractivity (Wildman–Crippen MR) is 117 cm³/mol. The van der Waals surface area contributed by atoms with E-state index >= 15 is 0 Å². The van der Waals surface area contributed by atoms with Gasteiger partial charge >= 0.3 is 0 Å². The van der Waals surface area contributed by atoms with Gasteiger partial charge in [-0.2, -0.15) is 4.31 Å². The van der Waals surface area contributed by atoms with Gasteiger partial charge in [-0.1, -0.05) is 12.5 Å². The van der Waals surface area contributed by atoms with Crippen LogP contribution in [0.2, 0.25) is 0 Å². The van der Waals surface area contributed by atoms with Crippen molar-refractivity contribution in [1.29, 1.82) is 0 Å². The standard InChI is InChI=1S/C21H26N2O4S2/c1-16(2)27-20-10-9-18(29(25,26)23-12-4-3-5-13-23)15-19(20)22-21(24)11-8-17-7-6-14-28-17/h6-11,14-16H,3-5,12-13H2,1-2H3,(H,22,24)/b11-8+. The maximum atomic E-state index is 13.0. The molecule has 1 aromatic heterocycles. The fraction of sp³-hybridized carbons (Fsp3) is 0.381. The second-order valence-corrected chi connectivity index (χ2v) is 10.0. The number of rotatable bonds is 7. The smallest absolute Gasteiger partial charge is 0.248 e. The Morgan fingerprint density at radius 2 is 1.97 bits per heavy atom. The van der Waals surface area contributed by atoms with Crippen molar-refractivity contribution in [3.05, 3.63) is 46.7 Å². The van der Waals surface area contributed by atoms with Crippen LogP contribution in [0.1, 0.15) is 38.0 Å². The van der Waals surface area contributed by atoms with Crippen molar-refractivity contribution in [2.75, 3.05) is 18.4 Å². The Hall–Kier alpha value is -2.16. The van der Waals surface area contributed by atoms with Crippen molar-refractivity contribution < 1.29 is 17.9 Å². The molecule has 1 aliphatic heterocycles.